The predicted octanol–water partition coefficient (Wildman–Crippen LogP) is 2.72. The number of carbonyl (C=O) groups is 3. The van der Waals surface area contributed by atoms with Crippen LogP contribution in [-0.2, 0) is 33.3 Å². The third-order valence-corrected chi connectivity index (χ3v) is 3.59. The van der Waals surface area contributed by atoms with E-state index in [1.807, 2.05) is 6.92 Å². The van der Waals surface area contributed by atoms with Gasteiger partial charge < -0.3 is 33.2 Å². The first kappa shape index (κ1) is 25.3. The SMILES string of the molecule is CCCCOC(=O)c1c(OC(=COC)C(=O)OC)cccc1OC(=COC)C(=O)OC. The number of esters is 3. The van der Waals surface area contributed by atoms with Gasteiger partial charge in [-0.2, -0.15) is 0 Å². The van der Waals surface area contributed by atoms with Crippen molar-refractivity contribution in [1.82, 2.24) is 0 Å². The second-order valence-electron chi connectivity index (χ2n) is 5.74. The van der Waals surface area contributed by atoms with Gasteiger partial charge in [-0.25, -0.2) is 14.4 Å². The molecule has 0 atom stereocenters. The van der Waals surface area contributed by atoms with Crippen molar-refractivity contribution in [3.05, 3.63) is 47.8 Å². The van der Waals surface area contributed by atoms with Crippen LogP contribution in [0.4, 0.5) is 0 Å². The fourth-order valence-corrected chi connectivity index (χ4v) is 2.14. The lowest BCUT2D eigenvalue weighted by atomic mass is 10.1. The molecule has 10 nitrogen and oxygen atoms in total. The van der Waals surface area contributed by atoms with Gasteiger partial charge in [-0.15, -0.1) is 0 Å². The molecule has 0 saturated carbocycles. The maximum Gasteiger partial charge on any atom is 0.377 e. The lowest BCUT2D eigenvalue weighted by molar-refractivity contribution is -0.139. The van der Waals surface area contributed by atoms with Crippen molar-refractivity contribution in [2.75, 3.05) is 35.0 Å². The minimum absolute atomic E-state index is 0.0886. The summed E-state index contributed by atoms with van der Waals surface area (Å²) < 4.78 is 35.3. The number of hydrogen-bond donors (Lipinski definition) is 0. The molecule has 31 heavy (non-hydrogen) atoms. The predicted molar refractivity (Wildman–Crippen MR) is 107 cm³/mol. The Balaban J connectivity index is 3.46. The van der Waals surface area contributed by atoms with E-state index in [2.05, 4.69) is 9.47 Å². The van der Waals surface area contributed by atoms with E-state index in [0.29, 0.717) is 6.42 Å². The number of benzene rings is 1. The standard InChI is InChI=1S/C21H26O10/c1-6-7-11-29-21(24)18-14(30-16(12-25-2)19(22)27-4)9-8-10-15(18)31-17(13-26-3)20(23)28-5/h8-10,12-13H,6-7,11H2,1-5H3. The van der Waals surface area contributed by atoms with E-state index in [0.717, 1.165) is 33.2 Å². The third-order valence-electron chi connectivity index (χ3n) is 3.59. The Morgan fingerprint density at radius 1 is 0.839 bits per heavy atom. The third kappa shape index (κ3) is 7.57. The van der Waals surface area contributed by atoms with Gasteiger partial charge >= 0.3 is 17.9 Å². The molecule has 0 heterocycles. The Labute approximate surface area is 180 Å². The van der Waals surface area contributed by atoms with E-state index in [1.165, 1.54) is 32.4 Å². The minimum Gasteiger partial charge on any atom is -0.500 e. The fourth-order valence-electron chi connectivity index (χ4n) is 2.14. The molecule has 0 aliphatic heterocycles. The number of methoxy groups -OCH3 is 4. The van der Waals surface area contributed by atoms with Crippen LogP contribution in [0.15, 0.2) is 42.2 Å². The highest BCUT2D eigenvalue weighted by Crippen LogP contribution is 2.32. The number of unbranched alkanes of at least 4 members (excludes halogenated alkanes) is 1. The van der Waals surface area contributed by atoms with Crippen molar-refractivity contribution in [1.29, 1.82) is 0 Å². The summed E-state index contributed by atoms with van der Waals surface area (Å²) in [6, 6.07) is 4.30. The smallest absolute Gasteiger partial charge is 0.377 e. The highest BCUT2D eigenvalue weighted by atomic mass is 16.6. The fraction of sp³-hybridized carbons (Fsp3) is 0.381. The Kier molecular flexibility index (Phi) is 11.1. The number of rotatable bonds is 12. The molecule has 0 radical (unpaired) electrons. The summed E-state index contributed by atoms with van der Waals surface area (Å²) in [7, 11) is 4.94. The lowest BCUT2D eigenvalue weighted by Crippen LogP contribution is -2.17. The highest BCUT2D eigenvalue weighted by Gasteiger charge is 2.26. The molecule has 0 bridgehead atoms. The second-order valence-corrected chi connectivity index (χ2v) is 5.74. The maximum atomic E-state index is 12.8. The molecule has 1 rings (SSSR count). The van der Waals surface area contributed by atoms with Crippen LogP contribution in [0.3, 0.4) is 0 Å². The van der Waals surface area contributed by atoms with Gasteiger partial charge in [-0.3, -0.25) is 0 Å². The summed E-state index contributed by atoms with van der Waals surface area (Å²) in [6.45, 7) is 2.09. The lowest BCUT2D eigenvalue weighted by Gasteiger charge is -2.16. The topological polar surface area (TPSA) is 116 Å². The largest absolute Gasteiger partial charge is 0.500 e. The van der Waals surface area contributed by atoms with Crippen LogP contribution in [0.5, 0.6) is 11.5 Å². The molecule has 0 N–H and O–H groups in total. The molecular weight excluding hydrogens is 412 g/mol. The van der Waals surface area contributed by atoms with Crippen molar-refractivity contribution in [3.8, 4) is 11.5 Å². The van der Waals surface area contributed by atoms with E-state index in [1.54, 1.807) is 0 Å². The first-order valence-electron chi connectivity index (χ1n) is 9.21. The molecule has 0 fully saturated rings. The summed E-state index contributed by atoms with van der Waals surface area (Å²) in [4.78, 5) is 36.7. The zero-order chi connectivity index (χ0) is 23.2. The van der Waals surface area contributed by atoms with E-state index in [-0.39, 0.29) is 35.2 Å². The van der Waals surface area contributed by atoms with Crippen LogP contribution in [0.2, 0.25) is 0 Å². The summed E-state index contributed by atoms with van der Waals surface area (Å²) in [5.41, 5.74) is -0.171. The van der Waals surface area contributed by atoms with Gasteiger partial charge in [-0.05, 0) is 18.6 Å². The summed E-state index contributed by atoms with van der Waals surface area (Å²) in [6.07, 6.45) is 3.46. The first-order chi connectivity index (χ1) is 14.9. The molecule has 0 aromatic heterocycles. The summed E-state index contributed by atoms with van der Waals surface area (Å²) in [5.74, 6) is -3.30. The van der Waals surface area contributed by atoms with Crippen LogP contribution >= 0.6 is 0 Å². The average molecular weight is 438 g/mol. The minimum atomic E-state index is -0.840. The monoisotopic (exact) mass is 438 g/mol. The zero-order valence-corrected chi connectivity index (χ0v) is 18.1. The van der Waals surface area contributed by atoms with Crippen LogP contribution < -0.4 is 9.47 Å². The summed E-state index contributed by atoms with van der Waals surface area (Å²) in [5, 5.41) is 0. The van der Waals surface area contributed by atoms with Gasteiger partial charge in [-0.1, -0.05) is 19.4 Å². The Morgan fingerprint density at radius 3 is 1.71 bits per heavy atom. The number of carbonyl (C=O) groups excluding carboxylic acids is 3. The molecule has 0 saturated heterocycles. The Morgan fingerprint density at radius 2 is 1.32 bits per heavy atom. The van der Waals surface area contributed by atoms with Gasteiger partial charge in [0.25, 0.3) is 0 Å². The molecule has 0 unspecified atom stereocenters. The van der Waals surface area contributed by atoms with Crippen molar-refractivity contribution >= 4 is 17.9 Å². The zero-order valence-electron chi connectivity index (χ0n) is 18.1. The van der Waals surface area contributed by atoms with Gasteiger partial charge in [0.05, 0.1) is 35.0 Å². The number of ether oxygens (including phenoxy) is 7. The van der Waals surface area contributed by atoms with Crippen LogP contribution in [0, 0.1) is 0 Å². The number of hydrogen-bond acceptors (Lipinski definition) is 10. The molecule has 1 aromatic rings. The quantitative estimate of drug-likeness (QED) is 0.159. The van der Waals surface area contributed by atoms with Crippen molar-refractivity contribution in [2.24, 2.45) is 0 Å². The molecular formula is C21H26O10. The van der Waals surface area contributed by atoms with Gasteiger partial charge in [0.1, 0.15) is 29.6 Å². The van der Waals surface area contributed by atoms with E-state index >= 15 is 0 Å². The van der Waals surface area contributed by atoms with Crippen molar-refractivity contribution in [2.45, 2.75) is 19.8 Å². The van der Waals surface area contributed by atoms with E-state index < -0.39 is 17.9 Å². The molecule has 10 heteroatoms. The van der Waals surface area contributed by atoms with Crippen molar-refractivity contribution in [3.63, 3.8) is 0 Å². The van der Waals surface area contributed by atoms with Gasteiger partial charge in [0.15, 0.2) is 0 Å². The maximum absolute atomic E-state index is 12.8. The highest BCUT2D eigenvalue weighted by molar-refractivity contribution is 5.97. The molecule has 0 aliphatic carbocycles. The van der Waals surface area contributed by atoms with E-state index in [9.17, 15) is 14.4 Å². The molecule has 0 spiro atoms. The van der Waals surface area contributed by atoms with Crippen molar-refractivity contribution < 1.29 is 47.5 Å². The molecule has 170 valence electrons. The second kappa shape index (κ2) is 13.5. The normalized spacial score (nSPS) is 11.3. The molecule has 0 aliphatic rings. The molecule has 1 aromatic carbocycles. The average Bonchev–Trinajstić information content (AvgIpc) is 2.77. The Bertz CT molecular complexity index is 771. The molecule has 0 amide bonds. The van der Waals surface area contributed by atoms with Crippen LogP contribution in [0.1, 0.15) is 30.1 Å². The van der Waals surface area contributed by atoms with Crippen LogP contribution in [0.25, 0.3) is 0 Å². The summed E-state index contributed by atoms with van der Waals surface area (Å²) >= 11 is 0. The van der Waals surface area contributed by atoms with Crippen LogP contribution in [-0.4, -0.2) is 53.0 Å². The van der Waals surface area contributed by atoms with Gasteiger partial charge in [0, 0.05) is 0 Å². The first-order valence-corrected chi connectivity index (χ1v) is 9.21. The van der Waals surface area contributed by atoms with E-state index in [4.69, 9.17) is 23.7 Å². The Hall–Kier alpha value is -3.69. The van der Waals surface area contributed by atoms with Gasteiger partial charge in [0.2, 0.25) is 11.5 Å².